The summed E-state index contributed by atoms with van der Waals surface area (Å²) in [4.78, 5) is 7.20. The Morgan fingerprint density at radius 3 is 3.11 bits per heavy atom. The summed E-state index contributed by atoms with van der Waals surface area (Å²) in [5, 5.41) is 3.51. The van der Waals surface area contributed by atoms with Crippen molar-refractivity contribution in [3.05, 3.63) is 29.8 Å². The van der Waals surface area contributed by atoms with E-state index in [9.17, 15) is 0 Å². The van der Waals surface area contributed by atoms with Crippen molar-refractivity contribution in [1.82, 2.24) is 4.90 Å². The number of aliphatic imine (C=N–C) groups is 1. The summed E-state index contributed by atoms with van der Waals surface area (Å²) in [6.07, 6.45) is 5.17. The van der Waals surface area contributed by atoms with Crippen LogP contribution in [0.3, 0.4) is 0 Å². The second-order valence-corrected chi connectivity index (χ2v) is 5.17. The fourth-order valence-electron chi connectivity index (χ4n) is 2.97. The minimum Gasteiger partial charge on any atom is -0.340 e. The van der Waals surface area contributed by atoms with Gasteiger partial charge in [-0.05, 0) is 37.3 Å². The molecule has 1 unspecified atom stereocenters. The smallest absolute Gasteiger partial charge is 0.199 e. The van der Waals surface area contributed by atoms with E-state index < -0.39 is 0 Å². The highest BCUT2D eigenvalue weighted by molar-refractivity contribution is 5.96. The van der Waals surface area contributed by atoms with E-state index in [0.717, 1.165) is 19.0 Å². The van der Waals surface area contributed by atoms with E-state index in [1.165, 1.54) is 36.9 Å². The zero-order valence-corrected chi connectivity index (χ0v) is 11.0. The summed E-state index contributed by atoms with van der Waals surface area (Å²) in [7, 11) is 0. The van der Waals surface area contributed by atoms with Gasteiger partial charge in [0.05, 0.1) is 6.54 Å². The Morgan fingerprint density at radius 2 is 2.22 bits per heavy atom. The maximum absolute atomic E-state index is 4.72. The highest BCUT2D eigenvalue weighted by atomic mass is 15.3. The number of likely N-dealkylation sites (tertiary alicyclic amines) is 1. The number of benzene rings is 1. The molecule has 2 heterocycles. The van der Waals surface area contributed by atoms with Crippen molar-refractivity contribution in [1.29, 1.82) is 0 Å². The summed E-state index contributed by atoms with van der Waals surface area (Å²) in [5.41, 5.74) is 2.52. The molecular weight excluding hydrogens is 222 g/mol. The normalized spacial score (nSPS) is 23.1. The number of guanidine groups is 1. The van der Waals surface area contributed by atoms with Crippen LogP contribution < -0.4 is 5.32 Å². The van der Waals surface area contributed by atoms with Crippen molar-refractivity contribution in [2.24, 2.45) is 4.99 Å². The SMILES string of the molecule is CCC1CCCCN1C1=NCc2ccccc2N1. The Morgan fingerprint density at radius 1 is 1.33 bits per heavy atom. The molecule has 0 saturated carbocycles. The van der Waals surface area contributed by atoms with E-state index in [0.29, 0.717) is 6.04 Å². The number of nitrogens with zero attached hydrogens (tertiary/aromatic N) is 2. The van der Waals surface area contributed by atoms with Gasteiger partial charge in [-0.15, -0.1) is 0 Å². The predicted molar refractivity (Wildman–Crippen MR) is 75.8 cm³/mol. The number of anilines is 1. The predicted octanol–water partition coefficient (Wildman–Crippen LogP) is 3.23. The van der Waals surface area contributed by atoms with Gasteiger partial charge in [-0.25, -0.2) is 4.99 Å². The molecule has 1 atom stereocenters. The number of nitrogens with one attached hydrogen (secondary N) is 1. The molecule has 1 aromatic carbocycles. The third kappa shape index (κ3) is 2.09. The van der Waals surface area contributed by atoms with Gasteiger partial charge in [0.25, 0.3) is 0 Å². The second-order valence-electron chi connectivity index (χ2n) is 5.17. The Bertz CT molecular complexity index is 453. The zero-order chi connectivity index (χ0) is 12.4. The number of fused-ring (bicyclic) bond motifs is 1. The lowest BCUT2D eigenvalue weighted by Crippen LogP contribution is -2.47. The molecule has 3 rings (SSSR count). The number of hydrogen-bond acceptors (Lipinski definition) is 3. The summed E-state index contributed by atoms with van der Waals surface area (Å²) in [6, 6.07) is 9.12. The van der Waals surface area contributed by atoms with Crippen LogP contribution in [-0.2, 0) is 6.54 Å². The van der Waals surface area contributed by atoms with E-state index in [-0.39, 0.29) is 0 Å². The number of para-hydroxylation sites is 1. The first-order valence-corrected chi connectivity index (χ1v) is 7.04. The lowest BCUT2D eigenvalue weighted by molar-refractivity contribution is 0.234. The van der Waals surface area contributed by atoms with Gasteiger partial charge in [-0.2, -0.15) is 0 Å². The Hall–Kier alpha value is -1.51. The highest BCUT2D eigenvalue weighted by Gasteiger charge is 2.25. The van der Waals surface area contributed by atoms with E-state index >= 15 is 0 Å². The van der Waals surface area contributed by atoms with Crippen molar-refractivity contribution >= 4 is 11.6 Å². The largest absolute Gasteiger partial charge is 0.340 e. The molecule has 2 aliphatic rings. The van der Waals surface area contributed by atoms with Crippen molar-refractivity contribution < 1.29 is 0 Å². The lowest BCUT2D eigenvalue weighted by atomic mass is 10.0. The molecule has 0 amide bonds. The molecule has 96 valence electrons. The minimum atomic E-state index is 0.662. The molecule has 1 aromatic rings. The van der Waals surface area contributed by atoms with Crippen molar-refractivity contribution in [3.8, 4) is 0 Å². The van der Waals surface area contributed by atoms with Gasteiger partial charge in [0.2, 0.25) is 0 Å². The number of hydrogen-bond donors (Lipinski definition) is 1. The van der Waals surface area contributed by atoms with Gasteiger partial charge in [-0.3, -0.25) is 0 Å². The van der Waals surface area contributed by atoms with Crippen molar-refractivity contribution in [2.45, 2.75) is 45.2 Å². The topological polar surface area (TPSA) is 27.6 Å². The first-order valence-electron chi connectivity index (χ1n) is 7.04. The van der Waals surface area contributed by atoms with Crippen LogP contribution in [0.4, 0.5) is 5.69 Å². The molecule has 1 N–H and O–H groups in total. The van der Waals surface area contributed by atoms with Crippen LogP contribution in [-0.4, -0.2) is 23.4 Å². The van der Waals surface area contributed by atoms with Gasteiger partial charge in [-0.1, -0.05) is 25.1 Å². The second kappa shape index (κ2) is 5.01. The molecule has 0 aromatic heterocycles. The number of piperidine rings is 1. The molecule has 18 heavy (non-hydrogen) atoms. The third-order valence-corrected chi connectivity index (χ3v) is 4.03. The van der Waals surface area contributed by atoms with Crippen LogP contribution >= 0.6 is 0 Å². The molecule has 0 spiro atoms. The van der Waals surface area contributed by atoms with Crippen molar-refractivity contribution in [2.75, 3.05) is 11.9 Å². The molecule has 0 radical (unpaired) electrons. The van der Waals surface area contributed by atoms with Crippen LogP contribution in [0.25, 0.3) is 0 Å². The maximum atomic E-state index is 4.72. The van der Waals surface area contributed by atoms with Crippen LogP contribution in [0, 0.1) is 0 Å². The quantitative estimate of drug-likeness (QED) is 0.820. The Balaban J connectivity index is 1.80. The van der Waals surface area contributed by atoms with E-state index in [1.54, 1.807) is 0 Å². The molecule has 0 aliphatic carbocycles. The summed E-state index contributed by atoms with van der Waals surface area (Å²) in [6.45, 7) is 4.23. The fraction of sp³-hybridized carbons (Fsp3) is 0.533. The fourth-order valence-corrected chi connectivity index (χ4v) is 2.97. The molecular formula is C15H21N3. The molecule has 1 saturated heterocycles. The third-order valence-electron chi connectivity index (χ3n) is 4.03. The molecule has 2 aliphatic heterocycles. The average Bonchev–Trinajstić information content (AvgIpc) is 2.46. The first-order chi connectivity index (χ1) is 8.88. The summed E-state index contributed by atoms with van der Waals surface area (Å²) >= 11 is 0. The van der Waals surface area contributed by atoms with Crippen LogP contribution in [0.2, 0.25) is 0 Å². The molecule has 1 fully saturated rings. The van der Waals surface area contributed by atoms with Crippen molar-refractivity contribution in [3.63, 3.8) is 0 Å². The first kappa shape index (κ1) is 11.6. The van der Waals surface area contributed by atoms with E-state index in [2.05, 4.69) is 41.4 Å². The number of rotatable bonds is 1. The van der Waals surface area contributed by atoms with Gasteiger partial charge in [0.1, 0.15) is 0 Å². The Kier molecular flexibility index (Phi) is 3.22. The molecule has 0 bridgehead atoms. The lowest BCUT2D eigenvalue weighted by Gasteiger charge is -2.38. The van der Waals surface area contributed by atoms with E-state index in [4.69, 9.17) is 4.99 Å². The van der Waals surface area contributed by atoms with E-state index in [1.807, 2.05) is 0 Å². The highest BCUT2D eigenvalue weighted by Crippen LogP contribution is 2.25. The van der Waals surface area contributed by atoms with Crippen LogP contribution in [0.5, 0.6) is 0 Å². The minimum absolute atomic E-state index is 0.662. The van der Waals surface area contributed by atoms with Gasteiger partial charge >= 0.3 is 0 Å². The average molecular weight is 243 g/mol. The summed E-state index contributed by atoms with van der Waals surface area (Å²) in [5.74, 6) is 1.08. The summed E-state index contributed by atoms with van der Waals surface area (Å²) < 4.78 is 0. The molecule has 3 heteroatoms. The Labute approximate surface area is 109 Å². The van der Waals surface area contributed by atoms with Gasteiger partial charge < -0.3 is 10.2 Å². The van der Waals surface area contributed by atoms with Crippen LogP contribution in [0.1, 0.15) is 38.2 Å². The zero-order valence-electron chi connectivity index (χ0n) is 11.0. The molecule has 3 nitrogen and oxygen atoms in total. The standard InChI is InChI=1S/C15H21N3/c1-2-13-8-5-6-10-18(13)15-16-11-12-7-3-4-9-14(12)17-15/h3-4,7,9,13H,2,5-6,8,10-11H2,1H3,(H,16,17). The maximum Gasteiger partial charge on any atom is 0.199 e. The van der Waals surface area contributed by atoms with Crippen LogP contribution in [0.15, 0.2) is 29.3 Å². The monoisotopic (exact) mass is 243 g/mol. The van der Waals surface area contributed by atoms with Gasteiger partial charge in [0.15, 0.2) is 5.96 Å². The van der Waals surface area contributed by atoms with Gasteiger partial charge in [0, 0.05) is 18.3 Å².